The largest absolute Gasteiger partial charge is 0.454 e. The minimum atomic E-state index is -0.119. The molecule has 30 heavy (non-hydrogen) atoms. The van der Waals surface area contributed by atoms with Crippen molar-refractivity contribution in [3.63, 3.8) is 0 Å². The van der Waals surface area contributed by atoms with E-state index in [4.69, 9.17) is 9.47 Å². The van der Waals surface area contributed by atoms with Crippen LogP contribution >= 0.6 is 11.3 Å². The van der Waals surface area contributed by atoms with Crippen LogP contribution in [0.2, 0.25) is 0 Å². The zero-order valence-corrected chi connectivity index (χ0v) is 16.8. The minimum absolute atomic E-state index is 0.0612. The van der Waals surface area contributed by atoms with Crippen molar-refractivity contribution >= 4 is 23.2 Å². The van der Waals surface area contributed by atoms with Gasteiger partial charge in [0.1, 0.15) is 10.7 Å². The molecule has 2 amide bonds. The number of ether oxygens (including phenoxy) is 2. The van der Waals surface area contributed by atoms with E-state index in [0.29, 0.717) is 48.9 Å². The Labute approximate surface area is 176 Å². The van der Waals surface area contributed by atoms with Crippen LogP contribution in [0, 0.1) is 0 Å². The van der Waals surface area contributed by atoms with Crippen LogP contribution in [-0.4, -0.2) is 64.6 Å². The lowest BCUT2D eigenvalue weighted by Gasteiger charge is -2.34. The smallest absolute Gasteiger partial charge is 0.273 e. The van der Waals surface area contributed by atoms with Crippen LogP contribution in [0.1, 0.15) is 20.8 Å². The lowest BCUT2D eigenvalue weighted by molar-refractivity contribution is 0.0532. The first-order valence-electron chi connectivity index (χ1n) is 9.53. The number of benzene rings is 1. The van der Waals surface area contributed by atoms with Gasteiger partial charge in [-0.05, 0) is 30.3 Å². The summed E-state index contributed by atoms with van der Waals surface area (Å²) in [6.45, 7) is 2.14. The Morgan fingerprint density at radius 2 is 1.73 bits per heavy atom. The molecule has 8 nitrogen and oxygen atoms in total. The van der Waals surface area contributed by atoms with Gasteiger partial charge in [-0.3, -0.25) is 14.6 Å². The molecule has 0 atom stereocenters. The summed E-state index contributed by atoms with van der Waals surface area (Å²) < 4.78 is 10.7. The Morgan fingerprint density at radius 1 is 0.967 bits per heavy atom. The molecule has 2 aliphatic rings. The molecular weight excluding hydrogens is 404 g/mol. The highest BCUT2D eigenvalue weighted by Crippen LogP contribution is 2.36. The molecule has 2 aromatic heterocycles. The van der Waals surface area contributed by atoms with Crippen molar-refractivity contribution < 1.29 is 19.1 Å². The number of fused-ring (bicyclic) bond motifs is 1. The molecule has 0 radical (unpaired) electrons. The molecule has 1 aromatic carbocycles. The van der Waals surface area contributed by atoms with Crippen LogP contribution in [0.3, 0.4) is 0 Å². The molecule has 1 fully saturated rings. The molecule has 4 heterocycles. The fourth-order valence-electron chi connectivity index (χ4n) is 3.48. The molecule has 0 bridgehead atoms. The second kappa shape index (κ2) is 7.75. The summed E-state index contributed by atoms with van der Waals surface area (Å²) in [7, 11) is 0. The van der Waals surface area contributed by atoms with Gasteiger partial charge in [-0.25, -0.2) is 4.98 Å². The average molecular weight is 422 g/mol. The molecule has 152 valence electrons. The topological polar surface area (TPSA) is 84.9 Å². The van der Waals surface area contributed by atoms with Gasteiger partial charge in [0.25, 0.3) is 11.8 Å². The predicted octanol–water partition coefficient (Wildman–Crippen LogP) is 2.53. The minimum Gasteiger partial charge on any atom is -0.454 e. The maximum absolute atomic E-state index is 12.9. The van der Waals surface area contributed by atoms with E-state index in [9.17, 15) is 9.59 Å². The number of thiazole rings is 1. The van der Waals surface area contributed by atoms with Gasteiger partial charge in [0.2, 0.25) is 6.79 Å². The summed E-state index contributed by atoms with van der Waals surface area (Å²) in [6, 6.07) is 9.12. The standard InChI is InChI=1S/C21H18N4O4S/c26-20(15-2-1-5-22-11-15)24-6-8-25(9-7-24)21(27)16-12-30-19(23-16)14-3-4-17-18(10-14)29-13-28-17/h1-5,10-12H,6-9,13H2. The van der Waals surface area contributed by atoms with Crippen LogP contribution in [0.25, 0.3) is 10.6 Å². The fraction of sp³-hybridized carbons (Fsp3) is 0.238. The first kappa shape index (κ1) is 18.6. The Hall–Kier alpha value is -3.46. The molecule has 0 unspecified atom stereocenters. The van der Waals surface area contributed by atoms with Crippen molar-refractivity contribution in [2.75, 3.05) is 33.0 Å². The fourth-order valence-corrected chi connectivity index (χ4v) is 4.27. The number of carbonyl (C=O) groups excluding carboxylic acids is 2. The van der Waals surface area contributed by atoms with E-state index in [2.05, 4.69) is 9.97 Å². The van der Waals surface area contributed by atoms with E-state index in [-0.39, 0.29) is 18.6 Å². The molecule has 1 saturated heterocycles. The Kier molecular flexibility index (Phi) is 4.80. The summed E-state index contributed by atoms with van der Waals surface area (Å²) in [5.41, 5.74) is 1.86. The summed E-state index contributed by atoms with van der Waals surface area (Å²) >= 11 is 1.42. The van der Waals surface area contributed by atoms with Gasteiger partial charge in [-0.2, -0.15) is 0 Å². The van der Waals surface area contributed by atoms with Crippen molar-refractivity contribution in [3.8, 4) is 22.1 Å². The molecule has 0 spiro atoms. The van der Waals surface area contributed by atoms with E-state index in [0.717, 1.165) is 10.6 Å². The summed E-state index contributed by atoms with van der Waals surface area (Å²) in [5.74, 6) is 1.22. The molecule has 0 aliphatic carbocycles. The summed E-state index contributed by atoms with van der Waals surface area (Å²) in [6.07, 6.45) is 3.20. The van der Waals surface area contributed by atoms with Crippen LogP contribution in [0.15, 0.2) is 48.1 Å². The van der Waals surface area contributed by atoms with Crippen LogP contribution in [-0.2, 0) is 0 Å². The Balaban J connectivity index is 1.24. The zero-order chi connectivity index (χ0) is 20.5. The lowest BCUT2D eigenvalue weighted by atomic mass is 10.2. The quantitative estimate of drug-likeness (QED) is 0.645. The van der Waals surface area contributed by atoms with Gasteiger partial charge < -0.3 is 19.3 Å². The van der Waals surface area contributed by atoms with E-state index < -0.39 is 0 Å². The lowest BCUT2D eigenvalue weighted by Crippen LogP contribution is -2.50. The first-order valence-corrected chi connectivity index (χ1v) is 10.4. The van der Waals surface area contributed by atoms with E-state index in [1.807, 2.05) is 18.2 Å². The van der Waals surface area contributed by atoms with Gasteiger partial charge in [0.15, 0.2) is 11.5 Å². The van der Waals surface area contributed by atoms with Crippen molar-refractivity contribution in [2.45, 2.75) is 0 Å². The molecule has 9 heteroatoms. The third kappa shape index (κ3) is 3.48. The summed E-state index contributed by atoms with van der Waals surface area (Å²) in [5, 5.41) is 2.53. The zero-order valence-electron chi connectivity index (χ0n) is 16.0. The van der Waals surface area contributed by atoms with Gasteiger partial charge in [0, 0.05) is 49.5 Å². The number of pyridine rings is 1. The number of hydrogen-bond donors (Lipinski definition) is 0. The number of amides is 2. The highest BCUT2D eigenvalue weighted by Gasteiger charge is 2.27. The van der Waals surface area contributed by atoms with E-state index >= 15 is 0 Å². The molecule has 0 saturated carbocycles. The van der Waals surface area contributed by atoms with Gasteiger partial charge in [0.05, 0.1) is 5.56 Å². The molecule has 2 aliphatic heterocycles. The molecule has 5 rings (SSSR count). The molecular formula is C21H18N4O4S. The van der Waals surface area contributed by atoms with Crippen molar-refractivity contribution in [1.82, 2.24) is 19.8 Å². The van der Waals surface area contributed by atoms with Crippen molar-refractivity contribution in [1.29, 1.82) is 0 Å². The van der Waals surface area contributed by atoms with Crippen molar-refractivity contribution in [2.24, 2.45) is 0 Å². The van der Waals surface area contributed by atoms with Gasteiger partial charge in [-0.1, -0.05) is 0 Å². The predicted molar refractivity (Wildman–Crippen MR) is 110 cm³/mol. The SMILES string of the molecule is O=C(c1cccnc1)N1CCN(C(=O)c2csc(-c3ccc4c(c3)OCO4)n2)CC1. The van der Waals surface area contributed by atoms with Crippen molar-refractivity contribution in [3.05, 3.63) is 59.4 Å². The monoisotopic (exact) mass is 422 g/mol. The van der Waals surface area contributed by atoms with Crippen LogP contribution in [0.4, 0.5) is 0 Å². The maximum Gasteiger partial charge on any atom is 0.273 e. The normalized spacial score (nSPS) is 15.3. The third-order valence-corrected chi connectivity index (χ3v) is 6.00. The van der Waals surface area contributed by atoms with Crippen LogP contribution in [0.5, 0.6) is 11.5 Å². The number of rotatable bonds is 3. The molecule has 0 N–H and O–H groups in total. The molecule has 3 aromatic rings. The average Bonchev–Trinajstić information content (AvgIpc) is 3.48. The van der Waals surface area contributed by atoms with Gasteiger partial charge in [-0.15, -0.1) is 11.3 Å². The highest BCUT2D eigenvalue weighted by molar-refractivity contribution is 7.13. The van der Waals surface area contributed by atoms with Crippen LogP contribution < -0.4 is 9.47 Å². The number of nitrogens with zero attached hydrogens (tertiary/aromatic N) is 4. The Morgan fingerprint density at radius 3 is 2.50 bits per heavy atom. The first-order chi connectivity index (χ1) is 14.7. The second-order valence-electron chi connectivity index (χ2n) is 6.93. The van der Waals surface area contributed by atoms with E-state index in [1.165, 1.54) is 11.3 Å². The summed E-state index contributed by atoms with van der Waals surface area (Å²) in [4.78, 5) is 37.4. The number of piperazine rings is 1. The third-order valence-electron chi connectivity index (χ3n) is 5.11. The van der Waals surface area contributed by atoms with Gasteiger partial charge >= 0.3 is 0 Å². The Bertz CT molecular complexity index is 1090. The highest BCUT2D eigenvalue weighted by atomic mass is 32.1. The number of hydrogen-bond acceptors (Lipinski definition) is 7. The maximum atomic E-state index is 12.9. The second-order valence-corrected chi connectivity index (χ2v) is 7.79. The van der Waals surface area contributed by atoms with E-state index in [1.54, 1.807) is 39.7 Å². The number of aromatic nitrogens is 2. The number of carbonyl (C=O) groups is 2.